The highest BCUT2D eigenvalue weighted by Gasteiger charge is 2.19. The van der Waals surface area contributed by atoms with Crippen LogP contribution < -0.4 is 5.32 Å². The molecule has 2 rings (SSSR count). The number of benzene rings is 1. The van der Waals surface area contributed by atoms with Crippen LogP contribution >= 0.6 is 39.1 Å². The zero-order chi connectivity index (χ0) is 17.9. The van der Waals surface area contributed by atoms with Crippen LogP contribution in [0.2, 0.25) is 10.0 Å². The Morgan fingerprint density at radius 2 is 1.75 bits per heavy atom. The molecule has 3 nitrogen and oxygen atoms in total. The van der Waals surface area contributed by atoms with Gasteiger partial charge in [0.1, 0.15) is 5.69 Å². The highest BCUT2D eigenvalue weighted by atomic mass is 79.9. The molecule has 0 spiro atoms. The maximum atomic E-state index is 12.5. The minimum Gasteiger partial charge on any atom is -0.346 e. The molecule has 1 N–H and O–H groups in total. The molecule has 24 heavy (non-hydrogen) atoms. The molecular weight excluding hydrogens is 411 g/mol. The first-order valence-electron chi connectivity index (χ1n) is 7.56. The molecule has 0 unspecified atom stereocenters. The van der Waals surface area contributed by atoms with E-state index in [2.05, 4.69) is 26.2 Å². The number of hydrogen-bond acceptors (Lipinski definition) is 2. The van der Waals surface area contributed by atoms with Crippen molar-refractivity contribution < 1.29 is 4.79 Å². The van der Waals surface area contributed by atoms with E-state index in [-0.39, 0.29) is 11.4 Å². The van der Waals surface area contributed by atoms with Crippen molar-refractivity contribution in [3.05, 3.63) is 61.8 Å². The van der Waals surface area contributed by atoms with Crippen molar-refractivity contribution >= 4 is 45.0 Å². The lowest BCUT2D eigenvalue weighted by molar-refractivity contribution is 0.0913. The van der Waals surface area contributed by atoms with Crippen LogP contribution in [0.25, 0.3) is 0 Å². The van der Waals surface area contributed by atoms with Gasteiger partial charge >= 0.3 is 0 Å². The smallest absolute Gasteiger partial charge is 0.270 e. The predicted octanol–water partition coefficient (Wildman–Crippen LogP) is 5.46. The summed E-state index contributed by atoms with van der Waals surface area (Å²) in [5, 5.41) is 4.17. The average molecular weight is 430 g/mol. The Hall–Kier alpha value is -1.10. The number of nitrogens with zero attached hydrogens (tertiary/aromatic N) is 1. The Kier molecular flexibility index (Phi) is 6.29. The number of carbonyl (C=O) groups excluding carboxylic acids is 1. The van der Waals surface area contributed by atoms with Gasteiger partial charge in [-0.2, -0.15) is 0 Å². The van der Waals surface area contributed by atoms with Gasteiger partial charge in [0.2, 0.25) is 0 Å². The third kappa shape index (κ3) is 5.76. The van der Waals surface area contributed by atoms with Crippen LogP contribution in [0.5, 0.6) is 0 Å². The Balaban J connectivity index is 2.22. The van der Waals surface area contributed by atoms with Crippen molar-refractivity contribution in [1.29, 1.82) is 0 Å². The van der Waals surface area contributed by atoms with E-state index < -0.39 is 0 Å². The van der Waals surface area contributed by atoms with Crippen molar-refractivity contribution in [2.24, 2.45) is 0 Å². The van der Waals surface area contributed by atoms with E-state index >= 15 is 0 Å². The van der Waals surface area contributed by atoms with Gasteiger partial charge in [-0.15, -0.1) is 0 Å². The molecule has 1 amide bonds. The minimum atomic E-state index is -0.316. The maximum Gasteiger partial charge on any atom is 0.270 e. The first-order valence-corrected chi connectivity index (χ1v) is 9.11. The molecule has 0 saturated heterocycles. The molecule has 128 valence electrons. The fourth-order valence-corrected chi connectivity index (χ4v) is 3.26. The molecule has 6 heteroatoms. The van der Waals surface area contributed by atoms with Crippen molar-refractivity contribution in [2.45, 2.75) is 39.2 Å². The van der Waals surface area contributed by atoms with Crippen LogP contribution in [0.1, 0.15) is 42.4 Å². The van der Waals surface area contributed by atoms with Gasteiger partial charge in [-0.3, -0.25) is 4.79 Å². The van der Waals surface area contributed by atoms with Crippen LogP contribution in [0, 0.1) is 0 Å². The van der Waals surface area contributed by atoms with E-state index in [4.69, 9.17) is 23.2 Å². The number of pyridine rings is 1. The third-order valence-corrected chi connectivity index (χ3v) is 4.11. The maximum absolute atomic E-state index is 12.5. The van der Waals surface area contributed by atoms with E-state index in [1.54, 1.807) is 12.3 Å². The SMILES string of the molecule is CC(C)(C)NC(=O)c1ncc(Br)cc1CCc1cc(Cl)cc(Cl)c1. The van der Waals surface area contributed by atoms with Gasteiger partial charge in [-0.05, 0) is 84.9 Å². The second kappa shape index (κ2) is 7.85. The first kappa shape index (κ1) is 19.2. The number of nitrogens with one attached hydrogen (secondary N) is 1. The summed E-state index contributed by atoms with van der Waals surface area (Å²) in [5.74, 6) is -0.172. The lowest BCUT2D eigenvalue weighted by Crippen LogP contribution is -2.41. The molecule has 0 bridgehead atoms. The van der Waals surface area contributed by atoms with Gasteiger partial charge < -0.3 is 5.32 Å². The number of aryl methyl sites for hydroxylation is 2. The second-order valence-corrected chi connectivity index (χ2v) is 8.43. The van der Waals surface area contributed by atoms with Crippen molar-refractivity contribution in [3.63, 3.8) is 0 Å². The van der Waals surface area contributed by atoms with Crippen LogP contribution in [-0.2, 0) is 12.8 Å². The molecule has 2 aromatic rings. The predicted molar refractivity (Wildman–Crippen MR) is 103 cm³/mol. The number of rotatable bonds is 4. The summed E-state index contributed by atoms with van der Waals surface area (Å²) in [6.07, 6.45) is 3.02. The third-order valence-electron chi connectivity index (χ3n) is 3.24. The fraction of sp³-hybridized carbons (Fsp3) is 0.333. The van der Waals surface area contributed by atoms with Gasteiger partial charge in [-0.1, -0.05) is 23.2 Å². The Morgan fingerprint density at radius 3 is 2.33 bits per heavy atom. The molecule has 0 aliphatic rings. The number of aromatic nitrogens is 1. The fourth-order valence-electron chi connectivity index (χ4n) is 2.31. The monoisotopic (exact) mass is 428 g/mol. The average Bonchev–Trinajstić information content (AvgIpc) is 2.42. The van der Waals surface area contributed by atoms with Crippen molar-refractivity contribution in [3.8, 4) is 0 Å². The van der Waals surface area contributed by atoms with Crippen molar-refractivity contribution in [2.75, 3.05) is 0 Å². The molecule has 0 saturated carbocycles. The number of carbonyl (C=O) groups is 1. The largest absolute Gasteiger partial charge is 0.346 e. The number of halogens is 3. The summed E-state index contributed by atoms with van der Waals surface area (Å²) in [6.45, 7) is 5.83. The zero-order valence-electron chi connectivity index (χ0n) is 13.8. The van der Waals surface area contributed by atoms with Gasteiger partial charge in [0, 0.05) is 26.3 Å². The Morgan fingerprint density at radius 1 is 1.12 bits per heavy atom. The summed E-state index contributed by atoms with van der Waals surface area (Å²) in [7, 11) is 0. The minimum absolute atomic E-state index is 0.172. The lowest BCUT2D eigenvalue weighted by Gasteiger charge is -2.21. The quantitative estimate of drug-likeness (QED) is 0.700. The van der Waals surface area contributed by atoms with Crippen LogP contribution in [0.4, 0.5) is 0 Å². The summed E-state index contributed by atoms with van der Waals surface area (Å²) in [5.41, 5.74) is 2.03. The van der Waals surface area contributed by atoms with Gasteiger partial charge in [0.25, 0.3) is 5.91 Å². The van der Waals surface area contributed by atoms with Gasteiger partial charge in [-0.25, -0.2) is 4.98 Å². The van der Waals surface area contributed by atoms with E-state index in [0.717, 1.165) is 15.6 Å². The van der Waals surface area contributed by atoms with Gasteiger partial charge in [0.15, 0.2) is 0 Å². The summed E-state index contributed by atoms with van der Waals surface area (Å²) >= 11 is 15.5. The van der Waals surface area contributed by atoms with Crippen LogP contribution in [-0.4, -0.2) is 16.4 Å². The molecule has 0 aliphatic carbocycles. The van der Waals surface area contributed by atoms with E-state index in [1.807, 2.05) is 39.0 Å². The van der Waals surface area contributed by atoms with E-state index in [1.165, 1.54) is 0 Å². The van der Waals surface area contributed by atoms with Crippen LogP contribution in [0.15, 0.2) is 34.9 Å². The van der Waals surface area contributed by atoms with Crippen LogP contribution in [0.3, 0.4) is 0 Å². The normalized spacial score (nSPS) is 11.4. The molecule has 0 atom stereocenters. The highest BCUT2D eigenvalue weighted by molar-refractivity contribution is 9.10. The molecule has 0 fully saturated rings. The molecule has 1 aromatic heterocycles. The molecular formula is C18H19BrCl2N2O. The summed E-state index contributed by atoms with van der Waals surface area (Å²) < 4.78 is 0.842. The number of hydrogen-bond donors (Lipinski definition) is 1. The lowest BCUT2D eigenvalue weighted by atomic mass is 10.0. The second-order valence-electron chi connectivity index (χ2n) is 6.64. The molecule has 0 aliphatic heterocycles. The first-order chi connectivity index (χ1) is 11.1. The van der Waals surface area contributed by atoms with E-state index in [0.29, 0.717) is 28.6 Å². The molecule has 1 aromatic carbocycles. The topological polar surface area (TPSA) is 42.0 Å². The summed E-state index contributed by atoms with van der Waals surface area (Å²) in [4.78, 5) is 16.8. The van der Waals surface area contributed by atoms with E-state index in [9.17, 15) is 4.79 Å². The standard InChI is InChI=1S/C18H19BrCl2N2O/c1-18(2,3)23-17(24)16-12(8-13(19)10-22-16)5-4-11-6-14(20)9-15(21)7-11/h6-10H,4-5H2,1-3H3,(H,23,24). The summed E-state index contributed by atoms with van der Waals surface area (Å²) in [6, 6.07) is 7.40. The van der Waals surface area contributed by atoms with Gasteiger partial charge in [0.05, 0.1) is 0 Å². The number of amides is 1. The zero-order valence-corrected chi connectivity index (χ0v) is 16.9. The van der Waals surface area contributed by atoms with Crippen molar-refractivity contribution in [1.82, 2.24) is 10.3 Å². The Bertz CT molecular complexity index is 737. The molecule has 0 radical (unpaired) electrons. The molecule has 1 heterocycles. The highest BCUT2D eigenvalue weighted by Crippen LogP contribution is 2.22. The Labute approximate surface area is 160 Å².